The number of carbonyl (C=O) groups is 2. The number of carbonyl (C=O) groups excluding carboxylic acids is 1. The highest BCUT2D eigenvalue weighted by atomic mass is 16.4. The van der Waals surface area contributed by atoms with Crippen molar-refractivity contribution in [3.05, 3.63) is 12.7 Å². The van der Waals surface area contributed by atoms with Crippen molar-refractivity contribution in [3.8, 4) is 0 Å². The summed E-state index contributed by atoms with van der Waals surface area (Å²) >= 11 is 0. The molecular formula is C12H20N2O3. The average molecular weight is 240 g/mol. The zero-order valence-corrected chi connectivity index (χ0v) is 9.89. The fourth-order valence-corrected chi connectivity index (χ4v) is 2.33. The normalized spacial score (nSPS) is 25.2. The molecule has 0 bridgehead atoms. The summed E-state index contributed by atoms with van der Waals surface area (Å²) in [4.78, 5) is 22.8. The average Bonchev–Trinajstić information content (AvgIpc) is 2.76. The summed E-state index contributed by atoms with van der Waals surface area (Å²) in [7, 11) is 0. The Morgan fingerprint density at radius 1 is 1.53 bits per heavy atom. The minimum Gasteiger partial charge on any atom is -0.480 e. The molecule has 5 nitrogen and oxygen atoms in total. The van der Waals surface area contributed by atoms with E-state index >= 15 is 0 Å². The molecule has 1 fully saturated rings. The first-order valence-corrected chi connectivity index (χ1v) is 5.94. The maximum absolute atomic E-state index is 11.9. The largest absolute Gasteiger partial charge is 0.480 e. The van der Waals surface area contributed by atoms with Crippen molar-refractivity contribution in [1.82, 2.24) is 5.32 Å². The van der Waals surface area contributed by atoms with Gasteiger partial charge in [-0.3, -0.25) is 4.79 Å². The second-order valence-electron chi connectivity index (χ2n) is 4.46. The van der Waals surface area contributed by atoms with Gasteiger partial charge in [0.05, 0.1) is 0 Å². The van der Waals surface area contributed by atoms with Crippen LogP contribution in [0.2, 0.25) is 0 Å². The Balaban J connectivity index is 2.57. The van der Waals surface area contributed by atoms with Gasteiger partial charge < -0.3 is 16.2 Å². The second kappa shape index (κ2) is 6.39. The Morgan fingerprint density at radius 2 is 2.24 bits per heavy atom. The lowest BCUT2D eigenvalue weighted by atomic mass is 9.95. The number of nitrogens with one attached hydrogen (secondary N) is 1. The van der Waals surface area contributed by atoms with Crippen LogP contribution in [0.4, 0.5) is 0 Å². The number of hydrogen-bond acceptors (Lipinski definition) is 3. The second-order valence-corrected chi connectivity index (χ2v) is 4.46. The van der Waals surface area contributed by atoms with Crippen LogP contribution in [0.25, 0.3) is 0 Å². The molecule has 0 aromatic rings. The van der Waals surface area contributed by atoms with E-state index in [1.165, 1.54) is 6.08 Å². The van der Waals surface area contributed by atoms with Gasteiger partial charge in [0.1, 0.15) is 6.04 Å². The third kappa shape index (κ3) is 3.56. The highest BCUT2D eigenvalue weighted by Crippen LogP contribution is 2.31. The van der Waals surface area contributed by atoms with Crippen molar-refractivity contribution in [2.24, 2.45) is 17.6 Å². The highest BCUT2D eigenvalue weighted by Gasteiger charge is 2.33. The Morgan fingerprint density at radius 3 is 2.76 bits per heavy atom. The first-order valence-electron chi connectivity index (χ1n) is 5.94. The smallest absolute Gasteiger partial charge is 0.326 e. The van der Waals surface area contributed by atoms with E-state index in [2.05, 4.69) is 11.9 Å². The number of carboxylic acids is 1. The van der Waals surface area contributed by atoms with E-state index in [0.29, 0.717) is 6.54 Å². The molecule has 0 aliphatic heterocycles. The molecule has 0 saturated heterocycles. The third-order valence-corrected chi connectivity index (χ3v) is 3.32. The van der Waals surface area contributed by atoms with Crippen molar-refractivity contribution in [2.45, 2.75) is 31.7 Å². The van der Waals surface area contributed by atoms with Gasteiger partial charge in [-0.2, -0.15) is 0 Å². The quantitative estimate of drug-likeness (QED) is 0.590. The number of hydrogen-bond donors (Lipinski definition) is 3. The number of nitrogens with two attached hydrogens (primary N) is 1. The molecule has 1 aliphatic rings. The van der Waals surface area contributed by atoms with Gasteiger partial charge in [-0.25, -0.2) is 4.79 Å². The van der Waals surface area contributed by atoms with Crippen LogP contribution in [-0.4, -0.2) is 29.6 Å². The van der Waals surface area contributed by atoms with E-state index < -0.39 is 12.0 Å². The van der Waals surface area contributed by atoms with E-state index in [9.17, 15) is 9.59 Å². The van der Waals surface area contributed by atoms with Crippen LogP contribution in [-0.2, 0) is 9.59 Å². The molecule has 17 heavy (non-hydrogen) atoms. The summed E-state index contributed by atoms with van der Waals surface area (Å²) in [5.74, 6) is -1.16. The summed E-state index contributed by atoms with van der Waals surface area (Å²) in [5, 5.41) is 11.5. The Labute approximate surface area is 101 Å². The first-order chi connectivity index (χ1) is 8.10. The van der Waals surface area contributed by atoms with Crippen molar-refractivity contribution in [2.75, 3.05) is 6.54 Å². The van der Waals surface area contributed by atoms with E-state index in [1.807, 2.05) is 0 Å². The Hall–Kier alpha value is -1.36. The van der Waals surface area contributed by atoms with Gasteiger partial charge in [-0.15, -0.1) is 6.58 Å². The molecule has 0 aromatic heterocycles. The number of carboxylic acid groups (broad SMARTS) is 1. The highest BCUT2D eigenvalue weighted by molar-refractivity contribution is 5.85. The fourth-order valence-electron chi connectivity index (χ4n) is 2.33. The topological polar surface area (TPSA) is 92.4 Å². The predicted octanol–water partition coefficient (Wildman–Crippen LogP) is 0.507. The van der Waals surface area contributed by atoms with E-state index in [4.69, 9.17) is 10.8 Å². The lowest BCUT2D eigenvalue weighted by Gasteiger charge is -2.20. The third-order valence-electron chi connectivity index (χ3n) is 3.32. The molecule has 0 aromatic carbocycles. The van der Waals surface area contributed by atoms with Crippen LogP contribution in [0, 0.1) is 11.8 Å². The molecule has 1 aliphatic carbocycles. The van der Waals surface area contributed by atoms with Gasteiger partial charge >= 0.3 is 5.97 Å². The van der Waals surface area contributed by atoms with Gasteiger partial charge in [0.25, 0.3) is 0 Å². The summed E-state index contributed by atoms with van der Waals surface area (Å²) in [6.45, 7) is 3.97. The molecule has 1 amide bonds. The van der Waals surface area contributed by atoms with E-state index in [1.54, 1.807) is 0 Å². The van der Waals surface area contributed by atoms with Crippen LogP contribution in [0.3, 0.4) is 0 Å². The molecule has 4 N–H and O–H groups in total. The maximum atomic E-state index is 11.9. The SMILES string of the molecule is C=CCC(NC(=O)C1CCCC1CN)C(=O)O. The first kappa shape index (κ1) is 13.7. The molecule has 1 rings (SSSR count). The van der Waals surface area contributed by atoms with Gasteiger partial charge in [-0.05, 0) is 31.7 Å². The zero-order valence-electron chi connectivity index (χ0n) is 9.89. The lowest BCUT2D eigenvalue weighted by molar-refractivity contribution is -0.142. The standard InChI is InChI=1S/C12H20N2O3/c1-2-4-10(12(16)17)14-11(15)9-6-3-5-8(9)7-13/h2,8-10H,1,3-7,13H2,(H,14,15)(H,16,17). The number of rotatable bonds is 6. The van der Waals surface area contributed by atoms with E-state index in [-0.39, 0.29) is 24.2 Å². The van der Waals surface area contributed by atoms with E-state index in [0.717, 1.165) is 19.3 Å². The van der Waals surface area contributed by atoms with Crippen LogP contribution in [0.5, 0.6) is 0 Å². The summed E-state index contributed by atoms with van der Waals surface area (Å²) in [6.07, 6.45) is 4.47. The van der Waals surface area contributed by atoms with Crippen molar-refractivity contribution < 1.29 is 14.7 Å². The van der Waals surface area contributed by atoms with Crippen molar-refractivity contribution in [1.29, 1.82) is 0 Å². The number of amides is 1. The van der Waals surface area contributed by atoms with Crippen molar-refractivity contribution >= 4 is 11.9 Å². The summed E-state index contributed by atoms with van der Waals surface area (Å²) < 4.78 is 0. The maximum Gasteiger partial charge on any atom is 0.326 e. The lowest BCUT2D eigenvalue weighted by Crippen LogP contribution is -2.44. The van der Waals surface area contributed by atoms with Gasteiger partial charge in [-0.1, -0.05) is 12.5 Å². The Bertz CT molecular complexity index is 304. The van der Waals surface area contributed by atoms with Gasteiger partial charge in [0, 0.05) is 5.92 Å². The van der Waals surface area contributed by atoms with Crippen LogP contribution < -0.4 is 11.1 Å². The molecule has 5 heteroatoms. The molecule has 3 unspecified atom stereocenters. The number of aliphatic carboxylic acids is 1. The summed E-state index contributed by atoms with van der Waals surface area (Å²) in [5.41, 5.74) is 5.60. The molecule has 0 radical (unpaired) electrons. The minimum absolute atomic E-state index is 0.133. The monoisotopic (exact) mass is 240 g/mol. The molecular weight excluding hydrogens is 220 g/mol. The van der Waals surface area contributed by atoms with Crippen molar-refractivity contribution in [3.63, 3.8) is 0 Å². The Kier molecular flexibility index (Phi) is 5.15. The molecule has 96 valence electrons. The van der Waals surface area contributed by atoms with Crippen LogP contribution in [0.1, 0.15) is 25.7 Å². The van der Waals surface area contributed by atoms with Gasteiger partial charge in [0.2, 0.25) is 5.91 Å². The molecule has 0 spiro atoms. The molecule has 3 atom stereocenters. The predicted molar refractivity (Wildman–Crippen MR) is 64.3 cm³/mol. The molecule has 1 saturated carbocycles. The zero-order chi connectivity index (χ0) is 12.8. The summed E-state index contributed by atoms with van der Waals surface area (Å²) in [6, 6.07) is -0.876. The van der Waals surface area contributed by atoms with Crippen LogP contribution in [0.15, 0.2) is 12.7 Å². The molecule has 0 heterocycles. The fraction of sp³-hybridized carbons (Fsp3) is 0.667. The minimum atomic E-state index is -1.03. The van der Waals surface area contributed by atoms with Gasteiger partial charge in [0.15, 0.2) is 0 Å². The van der Waals surface area contributed by atoms with Crippen LogP contribution >= 0.6 is 0 Å².